The summed E-state index contributed by atoms with van der Waals surface area (Å²) in [6.07, 6.45) is 5.66. The van der Waals surface area contributed by atoms with Crippen LogP contribution in [0.3, 0.4) is 0 Å². The quantitative estimate of drug-likeness (QED) is 0.866. The van der Waals surface area contributed by atoms with E-state index in [1.165, 1.54) is 36.3 Å². The maximum absolute atomic E-state index is 5.96. The van der Waals surface area contributed by atoms with Crippen molar-refractivity contribution in [3.8, 4) is 0 Å². The van der Waals surface area contributed by atoms with E-state index in [0.29, 0.717) is 11.8 Å². The first-order chi connectivity index (χ1) is 7.79. The summed E-state index contributed by atoms with van der Waals surface area (Å²) in [7, 11) is 0. The van der Waals surface area contributed by atoms with Gasteiger partial charge < -0.3 is 5.73 Å². The van der Waals surface area contributed by atoms with E-state index in [4.69, 9.17) is 17.3 Å². The van der Waals surface area contributed by atoms with Crippen molar-refractivity contribution in [2.45, 2.75) is 30.9 Å². The van der Waals surface area contributed by atoms with Crippen molar-refractivity contribution in [2.75, 3.05) is 12.3 Å². The second-order valence-electron chi connectivity index (χ2n) is 4.35. The number of halogens is 1. The van der Waals surface area contributed by atoms with Gasteiger partial charge in [0.05, 0.1) is 9.59 Å². The van der Waals surface area contributed by atoms with Gasteiger partial charge in [-0.05, 0) is 36.6 Å². The molecule has 1 unspecified atom stereocenters. The topological polar surface area (TPSA) is 26.0 Å². The minimum absolute atomic E-state index is 0.443. The lowest BCUT2D eigenvalue weighted by atomic mass is 10.1. The molecule has 1 nitrogen and oxygen atoms in total. The summed E-state index contributed by atoms with van der Waals surface area (Å²) in [6, 6.07) is 4.09. The van der Waals surface area contributed by atoms with Crippen molar-refractivity contribution < 1.29 is 0 Å². The molecule has 0 amide bonds. The van der Waals surface area contributed by atoms with Crippen molar-refractivity contribution in [1.82, 2.24) is 0 Å². The van der Waals surface area contributed by atoms with Crippen LogP contribution in [0.5, 0.6) is 0 Å². The third kappa shape index (κ3) is 3.39. The van der Waals surface area contributed by atoms with E-state index < -0.39 is 0 Å². The first-order valence-corrected chi connectivity index (χ1v) is 8.11. The van der Waals surface area contributed by atoms with E-state index in [2.05, 4.69) is 6.07 Å². The zero-order chi connectivity index (χ0) is 11.4. The number of nitrogens with two attached hydrogens (primary N) is 1. The van der Waals surface area contributed by atoms with Crippen LogP contribution in [0.2, 0.25) is 4.34 Å². The minimum Gasteiger partial charge on any atom is -0.329 e. The zero-order valence-electron chi connectivity index (χ0n) is 9.32. The summed E-state index contributed by atoms with van der Waals surface area (Å²) in [5.74, 6) is 2.19. The van der Waals surface area contributed by atoms with Gasteiger partial charge in [-0.2, -0.15) is 11.8 Å². The molecule has 2 rings (SSSR count). The summed E-state index contributed by atoms with van der Waals surface area (Å²) in [5.41, 5.74) is 5.84. The molecule has 1 fully saturated rings. The Kier molecular flexibility index (Phi) is 5.01. The Morgan fingerprint density at radius 3 is 2.75 bits per heavy atom. The Bertz CT molecular complexity index is 321. The van der Waals surface area contributed by atoms with Crippen LogP contribution in [0, 0.1) is 5.92 Å². The van der Waals surface area contributed by atoms with Crippen molar-refractivity contribution in [3.05, 3.63) is 21.3 Å². The van der Waals surface area contributed by atoms with Gasteiger partial charge in [-0.1, -0.05) is 24.4 Å². The van der Waals surface area contributed by atoms with Crippen molar-refractivity contribution in [3.63, 3.8) is 0 Å². The number of hydrogen-bond acceptors (Lipinski definition) is 3. The Morgan fingerprint density at radius 1 is 1.44 bits per heavy atom. The van der Waals surface area contributed by atoms with Gasteiger partial charge in [0.25, 0.3) is 0 Å². The van der Waals surface area contributed by atoms with E-state index in [9.17, 15) is 0 Å². The fraction of sp³-hybridized carbons (Fsp3) is 0.667. The maximum Gasteiger partial charge on any atom is 0.0931 e. The monoisotopic (exact) mass is 275 g/mol. The van der Waals surface area contributed by atoms with Gasteiger partial charge in [-0.25, -0.2) is 0 Å². The molecule has 1 aromatic rings. The van der Waals surface area contributed by atoms with E-state index in [0.717, 1.165) is 10.3 Å². The highest BCUT2D eigenvalue weighted by atomic mass is 35.5. The molecule has 2 N–H and O–H groups in total. The van der Waals surface area contributed by atoms with Gasteiger partial charge in [0, 0.05) is 11.4 Å². The Hall–Kier alpha value is 0.300. The van der Waals surface area contributed by atoms with E-state index in [1.807, 2.05) is 17.8 Å². The lowest BCUT2D eigenvalue weighted by molar-refractivity contribution is 0.622. The van der Waals surface area contributed by atoms with Gasteiger partial charge in [-0.15, -0.1) is 11.3 Å². The number of thioether (sulfide) groups is 1. The lowest BCUT2D eigenvalue weighted by Gasteiger charge is -2.15. The third-order valence-electron chi connectivity index (χ3n) is 3.13. The highest BCUT2D eigenvalue weighted by molar-refractivity contribution is 7.99. The van der Waals surface area contributed by atoms with Crippen LogP contribution in [-0.4, -0.2) is 12.3 Å². The van der Waals surface area contributed by atoms with Crippen LogP contribution < -0.4 is 5.73 Å². The molecular weight excluding hydrogens is 258 g/mol. The predicted octanol–water partition coefficient (Wildman–Crippen LogP) is 4.32. The fourth-order valence-corrected chi connectivity index (χ4v) is 4.82. The second kappa shape index (κ2) is 6.29. The van der Waals surface area contributed by atoms with E-state index >= 15 is 0 Å². The number of rotatable bonds is 5. The standard InChI is InChI=1S/C12H18ClNS2/c13-12-6-5-10(16-12)11(7-14)15-8-9-3-1-2-4-9/h5-6,9,11H,1-4,7-8,14H2. The Morgan fingerprint density at radius 2 is 2.19 bits per heavy atom. The maximum atomic E-state index is 5.96. The molecule has 4 heteroatoms. The lowest BCUT2D eigenvalue weighted by Crippen LogP contribution is -2.10. The molecule has 1 aromatic heterocycles. The van der Waals surface area contributed by atoms with Crippen LogP contribution in [-0.2, 0) is 0 Å². The average molecular weight is 276 g/mol. The van der Waals surface area contributed by atoms with Gasteiger partial charge in [0.1, 0.15) is 0 Å². The molecule has 1 heterocycles. The van der Waals surface area contributed by atoms with Crippen LogP contribution in [0.1, 0.15) is 35.8 Å². The molecule has 0 spiro atoms. The van der Waals surface area contributed by atoms with Crippen molar-refractivity contribution >= 4 is 34.7 Å². The average Bonchev–Trinajstić information content (AvgIpc) is 2.91. The molecule has 1 saturated carbocycles. The normalized spacial score (nSPS) is 19.1. The van der Waals surface area contributed by atoms with Gasteiger partial charge in [0.2, 0.25) is 0 Å². The molecule has 0 saturated heterocycles. The smallest absolute Gasteiger partial charge is 0.0931 e. The largest absolute Gasteiger partial charge is 0.329 e. The summed E-state index contributed by atoms with van der Waals surface area (Å²) >= 11 is 9.64. The molecule has 90 valence electrons. The van der Waals surface area contributed by atoms with Gasteiger partial charge in [0.15, 0.2) is 0 Å². The summed E-state index contributed by atoms with van der Waals surface area (Å²) < 4.78 is 0.870. The highest BCUT2D eigenvalue weighted by Crippen LogP contribution is 2.38. The third-order valence-corrected chi connectivity index (χ3v) is 6.14. The second-order valence-corrected chi connectivity index (χ2v) is 7.33. The molecule has 1 aliphatic carbocycles. The van der Waals surface area contributed by atoms with Gasteiger partial charge >= 0.3 is 0 Å². The molecule has 0 aliphatic heterocycles. The van der Waals surface area contributed by atoms with Crippen molar-refractivity contribution in [2.24, 2.45) is 11.7 Å². The molecule has 0 aromatic carbocycles. The summed E-state index contributed by atoms with van der Waals surface area (Å²) in [5, 5.41) is 0.443. The molecule has 0 radical (unpaired) electrons. The Labute approximate surface area is 111 Å². The zero-order valence-corrected chi connectivity index (χ0v) is 11.7. The minimum atomic E-state index is 0.443. The highest BCUT2D eigenvalue weighted by Gasteiger charge is 2.19. The first-order valence-electron chi connectivity index (χ1n) is 5.86. The molecule has 0 bridgehead atoms. The predicted molar refractivity (Wildman–Crippen MR) is 75.5 cm³/mol. The van der Waals surface area contributed by atoms with Crippen molar-refractivity contribution in [1.29, 1.82) is 0 Å². The number of thiophene rings is 1. The fourth-order valence-electron chi connectivity index (χ4n) is 2.20. The van der Waals surface area contributed by atoms with Crippen LogP contribution in [0.15, 0.2) is 12.1 Å². The summed E-state index contributed by atoms with van der Waals surface area (Å²) in [4.78, 5) is 1.33. The SMILES string of the molecule is NCC(SCC1CCCC1)c1ccc(Cl)s1. The van der Waals surface area contributed by atoms with E-state index in [-0.39, 0.29) is 0 Å². The molecular formula is C12H18ClNS2. The molecule has 16 heavy (non-hydrogen) atoms. The number of hydrogen-bond donors (Lipinski definition) is 1. The van der Waals surface area contributed by atoms with Crippen LogP contribution in [0.25, 0.3) is 0 Å². The molecule has 1 aliphatic rings. The first kappa shape index (κ1) is 12.7. The van der Waals surface area contributed by atoms with Crippen LogP contribution >= 0.6 is 34.7 Å². The summed E-state index contributed by atoms with van der Waals surface area (Å²) in [6.45, 7) is 0.716. The Balaban J connectivity index is 1.85. The van der Waals surface area contributed by atoms with E-state index in [1.54, 1.807) is 11.3 Å². The molecule has 1 atom stereocenters. The van der Waals surface area contributed by atoms with Crippen LogP contribution in [0.4, 0.5) is 0 Å². The van der Waals surface area contributed by atoms with Gasteiger partial charge in [-0.3, -0.25) is 0 Å².